The van der Waals surface area contributed by atoms with Gasteiger partial charge in [0.05, 0.1) is 5.41 Å². The van der Waals surface area contributed by atoms with E-state index in [4.69, 9.17) is 16.0 Å². The molecule has 3 aromatic rings. The number of hydrogen-bond acceptors (Lipinski definition) is 4. The van der Waals surface area contributed by atoms with Gasteiger partial charge in [0, 0.05) is 29.1 Å². The number of rotatable bonds is 6. The highest BCUT2D eigenvalue weighted by Gasteiger charge is 2.50. The topological polar surface area (TPSA) is 51.0 Å². The zero-order valence-corrected chi connectivity index (χ0v) is 15.1. The van der Waals surface area contributed by atoms with E-state index in [1.165, 1.54) is 12.0 Å². The van der Waals surface area contributed by atoms with Crippen molar-refractivity contribution in [2.45, 2.75) is 36.6 Å². The Bertz CT molecular complexity index is 903. The van der Waals surface area contributed by atoms with E-state index in [1.54, 1.807) is 0 Å². The van der Waals surface area contributed by atoms with Crippen molar-refractivity contribution in [3.63, 3.8) is 0 Å². The lowest BCUT2D eigenvalue weighted by Crippen LogP contribution is -2.29. The molecule has 0 spiro atoms. The first-order chi connectivity index (χ1) is 12.7. The Labute approximate surface area is 157 Å². The van der Waals surface area contributed by atoms with Gasteiger partial charge in [-0.1, -0.05) is 41.9 Å². The number of nitrogens with zero attached hydrogens (tertiary/aromatic N) is 2. The van der Waals surface area contributed by atoms with Gasteiger partial charge >= 0.3 is 0 Å². The molecule has 0 unspecified atom stereocenters. The van der Waals surface area contributed by atoms with E-state index < -0.39 is 0 Å². The molecule has 2 aliphatic rings. The first kappa shape index (κ1) is 16.0. The van der Waals surface area contributed by atoms with Crippen LogP contribution in [0.4, 0.5) is 0 Å². The van der Waals surface area contributed by atoms with Gasteiger partial charge in [0.2, 0.25) is 11.8 Å². The van der Waals surface area contributed by atoms with E-state index in [0.717, 1.165) is 30.8 Å². The SMILES string of the molecule is Clc1ccc(-c2nnc(C3(CN[C@H]4C[C@@H]4c4ccccc4)CC3)o2)cc1. The fourth-order valence-electron chi connectivity index (χ4n) is 3.58. The molecule has 5 heteroatoms. The summed E-state index contributed by atoms with van der Waals surface area (Å²) in [6.45, 7) is 0.906. The van der Waals surface area contributed by atoms with Crippen LogP contribution in [0.1, 0.15) is 36.6 Å². The van der Waals surface area contributed by atoms with Crippen molar-refractivity contribution in [1.29, 1.82) is 0 Å². The minimum atomic E-state index is 0.0154. The van der Waals surface area contributed by atoms with Gasteiger partial charge in [-0.05, 0) is 49.1 Å². The lowest BCUT2D eigenvalue weighted by atomic mass is 10.1. The molecule has 2 fully saturated rings. The maximum absolute atomic E-state index is 6.00. The van der Waals surface area contributed by atoms with Gasteiger partial charge in [-0.25, -0.2) is 0 Å². The fourth-order valence-corrected chi connectivity index (χ4v) is 3.71. The summed E-state index contributed by atoms with van der Waals surface area (Å²) in [5, 5.41) is 13.0. The Morgan fingerprint density at radius 3 is 2.54 bits per heavy atom. The lowest BCUT2D eigenvalue weighted by molar-refractivity contribution is 0.422. The van der Waals surface area contributed by atoms with Gasteiger partial charge < -0.3 is 9.73 Å². The third-order valence-electron chi connectivity index (χ3n) is 5.54. The van der Waals surface area contributed by atoms with E-state index in [-0.39, 0.29) is 5.41 Å². The summed E-state index contributed by atoms with van der Waals surface area (Å²) in [4.78, 5) is 0. The average Bonchev–Trinajstić information content (AvgIpc) is 3.59. The van der Waals surface area contributed by atoms with Crippen LogP contribution in [0.25, 0.3) is 11.5 Å². The number of halogens is 1. The molecular weight excluding hydrogens is 346 g/mol. The number of aromatic nitrogens is 2. The predicted octanol–water partition coefficient (Wildman–Crippen LogP) is 4.57. The highest BCUT2D eigenvalue weighted by atomic mass is 35.5. The fraction of sp³-hybridized carbons (Fsp3) is 0.333. The molecule has 1 heterocycles. The molecule has 0 saturated heterocycles. The molecule has 2 aliphatic carbocycles. The Kier molecular flexibility index (Phi) is 3.84. The first-order valence-electron chi connectivity index (χ1n) is 9.12. The highest BCUT2D eigenvalue weighted by molar-refractivity contribution is 6.30. The van der Waals surface area contributed by atoms with Crippen LogP contribution in [0.3, 0.4) is 0 Å². The predicted molar refractivity (Wildman–Crippen MR) is 101 cm³/mol. The quantitative estimate of drug-likeness (QED) is 0.695. The van der Waals surface area contributed by atoms with Crippen molar-refractivity contribution >= 4 is 11.6 Å². The summed E-state index contributed by atoms with van der Waals surface area (Å²) in [5.74, 6) is 1.96. The van der Waals surface area contributed by atoms with Gasteiger partial charge in [-0.2, -0.15) is 0 Å². The third-order valence-corrected chi connectivity index (χ3v) is 5.80. The monoisotopic (exact) mass is 365 g/mol. The molecule has 4 nitrogen and oxygen atoms in total. The van der Waals surface area contributed by atoms with Gasteiger partial charge in [-0.15, -0.1) is 10.2 Å². The Morgan fingerprint density at radius 2 is 1.81 bits per heavy atom. The third kappa shape index (κ3) is 3.04. The van der Waals surface area contributed by atoms with Gasteiger partial charge in [0.15, 0.2) is 0 Å². The molecule has 0 amide bonds. The van der Waals surface area contributed by atoms with Crippen molar-refractivity contribution in [3.8, 4) is 11.5 Å². The summed E-state index contributed by atoms with van der Waals surface area (Å²) in [7, 11) is 0. The molecule has 0 aliphatic heterocycles. The molecule has 2 aromatic carbocycles. The summed E-state index contributed by atoms with van der Waals surface area (Å²) >= 11 is 5.94. The molecule has 5 rings (SSSR count). The Morgan fingerprint density at radius 1 is 1.04 bits per heavy atom. The minimum Gasteiger partial charge on any atom is -0.420 e. The zero-order chi connectivity index (χ0) is 17.6. The molecule has 132 valence electrons. The zero-order valence-electron chi connectivity index (χ0n) is 14.4. The molecular formula is C21H20ClN3O. The van der Waals surface area contributed by atoms with Crippen molar-refractivity contribution in [2.24, 2.45) is 0 Å². The van der Waals surface area contributed by atoms with E-state index in [2.05, 4.69) is 45.8 Å². The smallest absolute Gasteiger partial charge is 0.247 e. The second kappa shape index (κ2) is 6.22. The Hall–Kier alpha value is -2.17. The molecule has 2 saturated carbocycles. The van der Waals surface area contributed by atoms with E-state index in [1.807, 2.05) is 24.3 Å². The summed E-state index contributed by atoms with van der Waals surface area (Å²) in [6.07, 6.45) is 3.41. The van der Waals surface area contributed by atoms with E-state index >= 15 is 0 Å². The summed E-state index contributed by atoms with van der Waals surface area (Å²) in [5.41, 5.74) is 2.35. The second-order valence-electron chi connectivity index (χ2n) is 7.44. The number of nitrogens with one attached hydrogen (secondary N) is 1. The number of hydrogen-bond donors (Lipinski definition) is 1. The molecule has 2 atom stereocenters. The van der Waals surface area contributed by atoms with Crippen molar-refractivity contribution in [2.75, 3.05) is 6.54 Å². The second-order valence-corrected chi connectivity index (χ2v) is 7.88. The molecule has 1 N–H and O–H groups in total. The van der Waals surface area contributed by atoms with Crippen LogP contribution in [-0.4, -0.2) is 22.8 Å². The van der Waals surface area contributed by atoms with Gasteiger partial charge in [0.1, 0.15) is 0 Å². The summed E-state index contributed by atoms with van der Waals surface area (Å²) in [6, 6.07) is 18.8. The molecule has 0 radical (unpaired) electrons. The first-order valence-corrected chi connectivity index (χ1v) is 9.50. The maximum Gasteiger partial charge on any atom is 0.247 e. The standard InChI is InChI=1S/C21H20ClN3O/c22-16-8-6-15(7-9-16)19-24-25-20(26-19)21(10-11-21)13-23-18-12-17(18)14-4-2-1-3-5-14/h1-9,17-18,23H,10-13H2/t17-,18+/m1/s1. The van der Waals surface area contributed by atoms with Crippen LogP contribution in [0, 0.1) is 0 Å². The summed E-state index contributed by atoms with van der Waals surface area (Å²) < 4.78 is 6.00. The van der Waals surface area contributed by atoms with Crippen LogP contribution in [0.15, 0.2) is 59.0 Å². The average molecular weight is 366 g/mol. The highest BCUT2D eigenvalue weighted by Crippen LogP contribution is 2.49. The molecule has 26 heavy (non-hydrogen) atoms. The van der Waals surface area contributed by atoms with Crippen LogP contribution in [0.5, 0.6) is 0 Å². The molecule has 0 bridgehead atoms. The minimum absolute atomic E-state index is 0.0154. The largest absolute Gasteiger partial charge is 0.420 e. The molecule has 1 aromatic heterocycles. The van der Waals surface area contributed by atoms with E-state index in [0.29, 0.717) is 22.9 Å². The van der Waals surface area contributed by atoms with Gasteiger partial charge in [-0.3, -0.25) is 0 Å². The van der Waals surface area contributed by atoms with Crippen LogP contribution in [0.2, 0.25) is 5.02 Å². The van der Waals surface area contributed by atoms with Crippen LogP contribution < -0.4 is 5.32 Å². The lowest BCUT2D eigenvalue weighted by Gasteiger charge is -2.12. The maximum atomic E-state index is 6.00. The Balaban J connectivity index is 1.24. The van der Waals surface area contributed by atoms with Crippen molar-refractivity contribution < 1.29 is 4.42 Å². The van der Waals surface area contributed by atoms with Crippen molar-refractivity contribution in [1.82, 2.24) is 15.5 Å². The van der Waals surface area contributed by atoms with Gasteiger partial charge in [0.25, 0.3) is 0 Å². The van der Waals surface area contributed by atoms with E-state index in [9.17, 15) is 0 Å². The number of benzene rings is 2. The normalized spacial score (nSPS) is 23.0. The van der Waals surface area contributed by atoms with Crippen LogP contribution >= 0.6 is 11.6 Å². The van der Waals surface area contributed by atoms with Crippen molar-refractivity contribution in [3.05, 3.63) is 71.1 Å². The van der Waals surface area contributed by atoms with Crippen LogP contribution in [-0.2, 0) is 5.41 Å².